The van der Waals surface area contributed by atoms with Crippen molar-refractivity contribution in [2.24, 2.45) is 5.73 Å². The topological polar surface area (TPSA) is 44.5 Å². The van der Waals surface area contributed by atoms with E-state index >= 15 is 0 Å². The van der Waals surface area contributed by atoms with Gasteiger partial charge in [0.25, 0.3) is 0 Å². The van der Waals surface area contributed by atoms with Crippen molar-refractivity contribution < 1.29 is 9.47 Å². The minimum absolute atomic E-state index is 0.533. The van der Waals surface area contributed by atoms with Crippen LogP contribution in [0.15, 0.2) is 109 Å². The lowest BCUT2D eigenvalue weighted by molar-refractivity contribution is 0.306. The van der Waals surface area contributed by atoms with Gasteiger partial charge in [0.15, 0.2) is 0 Å². The molecule has 4 rings (SSSR count). The van der Waals surface area contributed by atoms with Gasteiger partial charge in [-0.3, -0.25) is 0 Å². The maximum Gasteiger partial charge on any atom is 0.119 e. The lowest BCUT2D eigenvalue weighted by Gasteiger charge is -2.32. The lowest BCUT2D eigenvalue weighted by Crippen LogP contribution is -2.39. The first-order valence-electron chi connectivity index (χ1n) is 9.96. The molecule has 1 atom stereocenters. The highest BCUT2D eigenvalue weighted by atomic mass is 16.5. The molecule has 0 aliphatic heterocycles. The third-order valence-electron chi connectivity index (χ3n) is 5.33. The van der Waals surface area contributed by atoms with Gasteiger partial charge >= 0.3 is 0 Å². The second-order valence-electron chi connectivity index (χ2n) is 7.20. The second-order valence-corrected chi connectivity index (χ2v) is 7.20. The fraction of sp³-hybridized carbons (Fsp3) is 0.111. The van der Waals surface area contributed by atoms with E-state index < -0.39 is 5.54 Å². The van der Waals surface area contributed by atoms with E-state index in [-0.39, 0.29) is 0 Å². The van der Waals surface area contributed by atoms with Gasteiger partial charge in [0, 0.05) is 0 Å². The molecule has 0 aromatic heterocycles. The van der Waals surface area contributed by atoms with Crippen LogP contribution >= 0.6 is 0 Å². The van der Waals surface area contributed by atoms with Crippen molar-refractivity contribution in [3.8, 4) is 11.5 Å². The van der Waals surface area contributed by atoms with Gasteiger partial charge in [-0.15, -0.1) is 0 Å². The highest BCUT2D eigenvalue weighted by Crippen LogP contribution is 2.35. The molecule has 1 unspecified atom stereocenters. The Balaban J connectivity index is 1.65. The Kier molecular flexibility index (Phi) is 5.82. The van der Waals surface area contributed by atoms with Crippen molar-refractivity contribution in [1.82, 2.24) is 0 Å². The van der Waals surface area contributed by atoms with Crippen molar-refractivity contribution in [2.75, 3.05) is 7.11 Å². The summed E-state index contributed by atoms with van der Waals surface area (Å²) in [5.74, 6) is 1.62. The molecule has 0 spiro atoms. The molecule has 0 heterocycles. The molecule has 2 N–H and O–H groups in total. The van der Waals surface area contributed by atoms with Gasteiger partial charge in [0.1, 0.15) is 18.1 Å². The Hall–Kier alpha value is -3.56. The molecule has 150 valence electrons. The van der Waals surface area contributed by atoms with Gasteiger partial charge < -0.3 is 15.2 Å². The standard InChI is InChI=1S/C27H25NO2/c1-29-25-16-12-23(13-17-25)27(28,22-10-6-3-7-11-22)24-14-18-26(19-15-24)30-20-21-8-4-2-5-9-21/h2-19H,20,28H2,1H3. The molecule has 4 aromatic rings. The van der Waals surface area contributed by atoms with Crippen LogP contribution < -0.4 is 15.2 Å². The third-order valence-corrected chi connectivity index (χ3v) is 5.33. The number of hydrogen-bond donors (Lipinski definition) is 1. The average Bonchev–Trinajstić information content (AvgIpc) is 2.84. The van der Waals surface area contributed by atoms with Crippen molar-refractivity contribution in [1.29, 1.82) is 0 Å². The van der Waals surface area contributed by atoms with E-state index in [1.54, 1.807) is 7.11 Å². The molecule has 0 saturated heterocycles. The highest BCUT2D eigenvalue weighted by Gasteiger charge is 2.31. The van der Waals surface area contributed by atoms with E-state index in [2.05, 4.69) is 24.3 Å². The smallest absolute Gasteiger partial charge is 0.119 e. The lowest BCUT2D eigenvalue weighted by atomic mass is 9.78. The fourth-order valence-corrected chi connectivity index (χ4v) is 3.61. The number of nitrogens with two attached hydrogens (primary N) is 1. The van der Waals surface area contributed by atoms with Crippen LogP contribution in [-0.2, 0) is 12.1 Å². The summed E-state index contributed by atoms with van der Waals surface area (Å²) in [4.78, 5) is 0. The van der Waals surface area contributed by atoms with Crippen molar-refractivity contribution in [3.63, 3.8) is 0 Å². The molecule has 0 saturated carbocycles. The molecule has 0 radical (unpaired) electrons. The zero-order valence-corrected chi connectivity index (χ0v) is 17.0. The number of methoxy groups -OCH3 is 1. The van der Waals surface area contributed by atoms with E-state index in [4.69, 9.17) is 15.2 Å². The van der Waals surface area contributed by atoms with Crippen LogP contribution in [-0.4, -0.2) is 7.11 Å². The summed E-state index contributed by atoms with van der Waals surface area (Å²) in [5.41, 5.74) is 10.4. The van der Waals surface area contributed by atoms with E-state index in [1.807, 2.05) is 84.9 Å². The van der Waals surface area contributed by atoms with Crippen LogP contribution in [0.2, 0.25) is 0 Å². The summed E-state index contributed by atoms with van der Waals surface area (Å²) in [6.45, 7) is 0.533. The number of ether oxygens (including phenoxy) is 2. The quantitative estimate of drug-likeness (QED) is 0.419. The first-order valence-corrected chi connectivity index (χ1v) is 9.96. The van der Waals surface area contributed by atoms with Gasteiger partial charge in [-0.05, 0) is 46.5 Å². The molecule has 4 aromatic carbocycles. The summed E-state index contributed by atoms with van der Waals surface area (Å²) in [5, 5.41) is 0. The minimum atomic E-state index is -0.786. The molecular formula is C27H25NO2. The summed E-state index contributed by atoms with van der Waals surface area (Å²) >= 11 is 0. The first-order chi connectivity index (χ1) is 14.7. The number of rotatable bonds is 7. The maximum atomic E-state index is 7.09. The third kappa shape index (κ3) is 4.07. The van der Waals surface area contributed by atoms with Gasteiger partial charge in [0.2, 0.25) is 0 Å². The minimum Gasteiger partial charge on any atom is -0.497 e. The molecule has 0 bridgehead atoms. The largest absolute Gasteiger partial charge is 0.497 e. The summed E-state index contributed by atoms with van der Waals surface area (Å²) in [6, 6.07) is 36.2. The number of hydrogen-bond acceptors (Lipinski definition) is 3. The monoisotopic (exact) mass is 395 g/mol. The first kappa shape index (κ1) is 19.7. The SMILES string of the molecule is COc1ccc(C(N)(c2ccccc2)c2ccc(OCc3ccccc3)cc2)cc1. The van der Waals surface area contributed by atoms with Crippen LogP contribution in [0.1, 0.15) is 22.3 Å². The zero-order valence-electron chi connectivity index (χ0n) is 17.0. The molecule has 0 fully saturated rings. The van der Waals surface area contributed by atoms with Crippen molar-refractivity contribution in [2.45, 2.75) is 12.1 Å². The normalized spacial score (nSPS) is 12.7. The molecular weight excluding hydrogens is 370 g/mol. The van der Waals surface area contributed by atoms with Crippen molar-refractivity contribution in [3.05, 3.63) is 131 Å². The summed E-state index contributed by atoms with van der Waals surface area (Å²) in [7, 11) is 1.66. The molecule has 3 heteroatoms. The molecule has 3 nitrogen and oxygen atoms in total. The molecule has 30 heavy (non-hydrogen) atoms. The Morgan fingerprint density at radius 3 is 1.60 bits per heavy atom. The molecule has 0 aliphatic carbocycles. The van der Waals surface area contributed by atoms with Gasteiger partial charge in [-0.25, -0.2) is 0 Å². The second kappa shape index (κ2) is 8.85. The number of benzene rings is 4. The van der Waals surface area contributed by atoms with Crippen LogP contribution in [0.4, 0.5) is 0 Å². The van der Waals surface area contributed by atoms with Crippen LogP contribution in [0.25, 0.3) is 0 Å². The van der Waals surface area contributed by atoms with Gasteiger partial charge in [-0.2, -0.15) is 0 Å². The van der Waals surface area contributed by atoms with Crippen molar-refractivity contribution >= 4 is 0 Å². The molecule has 0 amide bonds. The van der Waals surface area contributed by atoms with Gasteiger partial charge in [0.05, 0.1) is 12.6 Å². The summed E-state index contributed by atoms with van der Waals surface area (Å²) < 4.78 is 11.3. The molecule has 0 aliphatic rings. The van der Waals surface area contributed by atoms with E-state index in [9.17, 15) is 0 Å². The van der Waals surface area contributed by atoms with Crippen LogP contribution in [0, 0.1) is 0 Å². The van der Waals surface area contributed by atoms with Gasteiger partial charge in [-0.1, -0.05) is 84.9 Å². The van der Waals surface area contributed by atoms with E-state index in [0.29, 0.717) is 6.61 Å². The fourth-order valence-electron chi connectivity index (χ4n) is 3.61. The Morgan fingerprint density at radius 2 is 1.07 bits per heavy atom. The Bertz CT molecular complexity index is 1060. The Labute approximate surface area is 177 Å². The predicted molar refractivity (Wildman–Crippen MR) is 121 cm³/mol. The Morgan fingerprint density at radius 1 is 0.600 bits per heavy atom. The average molecular weight is 396 g/mol. The zero-order chi connectivity index (χ0) is 20.8. The van der Waals surface area contributed by atoms with E-state index in [0.717, 1.165) is 33.8 Å². The maximum absolute atomic E-state index is 7.09. The van der Waals surface area contributed by atoms with Crippen LogP contribution in [0.5, 0.6) is 11.5 Å². The highest BCUT2D eigenvalue weighted by molar-refractivity contribution is 5.50. The van der Waals surface area contributed by atoms with Crippen LogP contribution in [0.3, 0.4) is 0 Å². The summed E-state index contributed by atoms with van der Waals surface area (Å²) in [6.07, 6.45) is 0. The predicted octanol–water partition coefficient (Wildman–Crippen LogP) is 5.52. The van der Waals surface area contributed by atoms with E-state index in [1.165, 1.54) is 0 Å².